The molecule has 2 unspecified atom stereocenters. The van der Waals surface area contributed by atoms with Gasteiger partial charge in [0.2, 0.25) is 17.7 Å². The lowest BCUT2D eigenvalue weighted by atomic mass is 9.66. The number of hydrogen-bond acceptors (Lipinski definition) is 7. The Hall–Kier alpha value is -3.83. The molecule has 3 fully saturated rings. The Morgan fingerprint density at radius 3 is 2.54 bits per heavy atom. The van der Waals surface area contributed by atoms with Crippen LogP contribution in [0.3, 0.4) is 0 Å². The number of nitrogens with one attached hydrogen (secondary N) is 2. The Morgan fingerprint density at radius 1 is 1.07 bits per heavy atom. The molecule has 6 atom stereocenters. The Kier molecular flexibility index (Phi) is 6.82. The van der Waals surface area contributed by atoms with E-state index in [1.165, 1.54) is 4.90 Å². The van der Waals surface area contributed by atoms with E-state index >= 15 is 0 Å². The highest BCUT2D eigenvalue weighted by Gasteiger charge is 2.78. The number of carbonyl (C=O) groups is 3. The summed E-state index contributed by atoms with van der Waals surface area (Å²) >= 11 is 0. The van der Waals surface area contributed by atoms with Crippen molar-refractivity contribution in [3.63, 3.8) is 0 Å². The molecule has 216 valence electrons. The number of aliphatic hydroxyl groups is 1. The Balaban J connectivity index is 1.31. The maximum atomic E-state index is 14.3. The van der Waals surface area contributed by atoms with Crippen LogP contribution in [0.1, 0.15) is 39.2 Å². The predicted octanol–water partition coefficient (Wildman–Crippen LogP) is 1.60. The normalized spacial score (nSPS) is 29.2. The van der Waals surface area contributed by atoms with Crippen LogP contribution in [-0.4, -0.2) is 72.6 Å². The van der Waals surface area contributed by atoms with Crippen molar-refractivity contribution in [2.45, 2.75) is 70.1 Å². The van der Waals surface area contributed by atoms with Gasteiger partial charge in [0.25, 0.3) is 0 Å². The molecule has 3 aliphatic rings. The summed E-state index contributed by atoms with van der Waals surface area (Å²) in [5.74, 6) is -2.74. The highest BCUT2D eigenvalue weighted by molar-refractivity contribution is 5.99. The van der Waals surface area contributed by atoms with Crippen molar-refractivity contribution >= 4 is 28.8 Å². The maximum Gasteiger partial charge on any atom is 0.247 e. The summed E-state index contributed by atoms with van der Waals surface area (Å²) in [6.45, 7) is 5.73. The van der Waals surface area contributed by atoms with Crippen LogP contribution in [0.2, 0.25) is 0 Å². The van der Waals surface area contributed by atoms with Crippen LogP contribution in [0.4, 0.5) is 0 Å². The van der Waals surface area contributed by atoms with Crippen molar-refractivity contribution in [1.29, 1.82) is 0 Å². The molecule has 1 spiro atoms. The predicted molar refractivity (Wildman–Crippen MR) is 149 cm³/mol. The summed E-state index contributed by atoms with van der Waals surface area (Å²) < 4.78 is 8.26. The number of benzene rings is 2. The average Bonchev–Trinajstić information content (AvgIpc) is 3.67. The molecule has 1 aromatic heterocycles. The molecule has 3 N–H and O–H groups in total. The molecule has 3 aromatic rings. The van der Waals surface area contributed by atoms with Crippen molar-refractivity contribution in [3.05, 3.63) is 60.2 Å². The number of aromatic nitrogens is 3. The summed E-state index contributed by atoms with van der Waals surface area (Å²) in [6, 6.07) is 15.4. The second-order valence-electron chi connectivity index (χ2n) is 11.9. The lowest BCUT2D eigenvalue weighted by molar-refractivity contribution is -0.151. The van der Waals surface area contributed by atoms with Crippen LogP contribution < -0.4 is 10.6 Å². The molecule has 0 saturated carbocycles. The van der Waals surface area contributed by atoms with Crippen molar-refractivity contribution in [3.8, 4) is 0 Å². The van der Waals surface area contributed by atoms with Crippen LogP contribution in [0.15, 0.2) is 54.6 Å². The molecule has 4 heterocycles. The van der Waals surface area contributed by atoms with Gasteiger partial charge in [0.15, 0.2) is 0 Å². The van der Waals surface area contributed by atoms with Crippen molar-refractivity contribution in [1.82, 2.24) is 30.5 Å². The fourth-order valence-electron chi connectivity index (χ4n) is 7.22. The lowest BCUT2D eigenvalue weighted by Crippen LogP contribution is -2.59. The van der Waals surface area contributed by atoms with Gasteiger partial charge in [0.05, 0.1) is 35.6 Å². The number of fused-ring (bicyclic) bond motifs is 2. The highest BCUT2D eigenvalue weighted by Crippen LogP contribution is 2.63. The largest absolute Gasteiger partial charge is 0.394 e. The monoisotopic (exact) mass is 560 g/mol. The van der Waals surface area contributed by atoms with Gasteiger partial charge < -0.3 is 25.4 Å². The van der Waals surface area contributed by atoms with Crippen LogP contribution in [0.25, 0.3) is 11.0 Å². The minimum absolute atomic E-state index is 0.0440. The fourth-order valence-corrected chi connectivity index (χ4v) is 7.22. The quantitative estimate of drug-likeness (QED) is 0.361. The number of ether oxygens (including phenoxy) is 1. The number of amides is 3. The van der Waals surface area contributed by atoms with E-state index in [1.807, 2.05) is 75.4 Å². The number of rotatable bonds is 9. The number of carbonyl (C=O) groups excluding carboxylic acids is 3. The molecule has 11 nitrogen and oxygen atoms in total. The van der Waals surface area contributed by atoms with Gasteiger partial charge in [-0.2, -0.15) is 0 Å². The van der Waals surface area contributed by atoms with E-state index in [9.17, 15) is 19.5 Å². The molecule has 2 bridgehead atoms. The third-order valence-corrected chi connectivity index (χ3v) is 9.19. The molecular weight excluding hydrogens is 524 g/mol. The topological polar surface area (TPSA) is 139 Å². The van der Waals surface area contributed by atoms with Crippen molar-refractivity contribution in [2.75, 3.05) is 6.61 Å². The van der Waals surface area contributed by atoms with Gasteiger partial charge in [-0.05, 0) is 43.4 Å². The third-order valence-electron chi connectivity index (χ3n) is 9.19. The molecule has 11 heteroatoms. The Labute approximate surface area is 238 Å². The molecule has 6 rings (SSSR count). The molecule has 2 aromatic carbocycles. The minimum atomic E-state index is -1.18. The van der Waals surface area contributed by atoms with E-state index < -0.39 is 41.0 Å². The lowest BCUT2D eigenvalue weighted by Gasteiger charge is -2.38. The first kappa shape index (κ1) is 27.3. The smallest absolute Gasteiger partial charge is 0.247 e. The first-order valence-electron chi connectivity index (χ1n) is 14.2. The zero-order valence-electron chi connectivity index (χ0n) is 23.5. The zero-order chi connectivity index (χ0) is 28.9. The van der Waals surface area contributed by atoms with Gasteiger partial charge in [-0.25, -0.2) is 4.68 Å². The molecule has 3 saturated heterocycles. The number of likely N-dealkylation sites (tertiary alicyclic amines) is 1. The van der Waals surface area contributed by atoms with Gasteiger partial charge in [0.1, 0.15) is 23.8 Å². The van der Waals surface area contributed by atoms with Gasteiger partial charge >= 0.3 is 0 Å². The van der Waals surface area contributed by atoms with E-state index in [0.29, 0.717) is 24.9 Å². The standard InChI is InChI=1S/C30H36N6O5/c1-18(2)22(16-37)36-25(27(39)32-17-35-21-12-8-7-11-20(21)33-34-35)30-14-13-29(3,41-30)23(24(30)28(36)40)26(38)31-15-19-9-5-4-6-10-19/h4-12,18,22-25,37H,13-17H2,1-3H3,(H,31,38)(H,32,39)/t22-,23+,24-,25?,29-,30?/m0/s1. The van der Waals surface area contributed by atoms with Crippen LogP contribution in [0.5, 0.6) is 0 Å². The van der Waals surface area contributed by atoms with Gasteiger partial charge in [-0.3, -0.25) is 14.4 Å². The second kappa shape index (κ2) is 10.2. The summed E-state index contributed by atoms with van der Waals surface area (Å²) in [5, 5.41) is 24.6. The van der Waals surface area contributed by atoms with Crippen LogP contribution >= 0.6 is 0 Å². The van der Waals surface area contributed by atoms with E-state index in [2.05, 4.69) is 20.9 Å². The zero-order valence-corrected chi connectivity index (χ0v) is 23.5. The van der Waals surface area contributed by atoms with E-state index in [4.69, 9.17) is 4.74 Å². The summed E-state index contributed by atoms with van der Waals surface area (Å²) in [4.78, 5) is 43.6. The summed E-state index contributed by atoms with van der Waals surface area (Å²) in [5.41, 5.74) is 0.340. The van der Waals surface area contributed by atoms with Gasteiger partial charge in [-0.1, -0.05) is 61.5 Å². The van der Waals surface area contributed by atoms with Crippen molar-refractivity contribution < 1.29 is 24.2 Å². The van der Waals surface area contributed by atoms with E-state index in [0.717, 1.165) is 11.1 Å². The third kappa shape index (κ3) is 4.29. The molecule has 0 radical (unpaired) electrons. The van der Waals surface area contributed by atoms with E-state index in [-0.39, 0.29) is 31.0 Å². The number of hydrogen-bond donors (Lipinski definition) is 3. The average molecular weight is 561 g/mol. The number of nitrogens with zero attached hydrogens (tertiary/aromatic N) is 4. The maximum absolute atomic E-state index is 14.3. The molecule has 41 heavy (non-hydrogen) atoms. The van der Waals surface area contributed by atoms with Crippen LogP contribution in [-0.2, 0) is 32.3 Å². The fraction of sp³-hybridized carbons (Fsp3) is 0.500. The van der Waals surface area contributed by atoms with Crippen molar-refractivity contribution in [2.24, 2.45) is 17.8 Å². The van der Waals surface area contributed by atoms with Crippen LogP contribution in [0, 0.1) is 17.8 Å². The summed E-state index contributed by atoms with van der Waals surface area (Å²) in [7, 11) is 0. The second-order valence-corrected chi connectivity index (χ2v) is 11.9. The Bertz CT molecular complexity index is 1480. The number of aliphatic hydroxyl groups excluding tert-OH is 1. The highest BCUT2D eigenvalue weighted by atomic mass is 16.5. The molecular formula is C30H36N6O5. The summed E-state index contributed by atoms with van der Waals surface area (Å²) in [6.07, 6.45) is 0.996. The Morgan fingerprint density at radius 2 is 1.80 bits per heavy atom. The first-order chi connectivity index (χ1) is 19.7. The molecule has 3 amide bonds. The SMILES string of the molecule is CC(C)[C@H](CO)N1C(=O)[C@@H]2[C@H](C(=O)NCc3ccccc3)[C@]3(C)CCC2(O3)C1C(=O)NCn1nnc2ccccc21. The van der Waals surface area contributed by atoms with Gasteiger partial charge in [0, 0.05) is 6.54 Å². The first-order valence-corrected chi connectivity index (χ1v) is 14.2. The minimum Gasteiger partial charge on any atom is -0.394 e. The molecule has 3 aliphatic heterocycles. The molecule has 0 aliphatic carbocycles. The van der Waals surface area contributed by atoms with E-state index in [1.54, 1.807) is 4.68 Å². The number of para-hydroxylation sites is 1. The van der Waals surface area contributed by atoms with Gasteiger partial charge in [-0.15, -0.1) is 5.10 Å².